The standard InChI is InChI=1S/C17H17NO3/c1-11-8-14-12(2)18-17(15(9-19)16(14)21-11)20-10-13-6-4-3-5-7-13/h3-8,19H,9-10H2,1-2H3. The SMILES string of the molecule is Cc1cc2c(C)nc(OCc3ccccc3)c(CO)c2o1. The minimum atomic E-state index is -0.166. The van der Waals surface area contributed by atoms with Gasteiger partial charge in [0.15, 0.2) is 0 Å². The van der Waals surface area contributed by atoms with E-state index in [1.165, 1.54) is 0 Å². The molecule has 0 aliphatic rings. The van der Waals surface area contributed by atoms with Crippen molar-refractivity contribution in [3.05, 3.63) is 59.0 Å². The monoisotopic (exact) mass is 283 g/mol. The van der Waals surface area contributed by atoms with Crippen LogP contribution in [0.25, 0.3) is 11.0 Å². The van der Waals surface area contributed by atoms with Gasteiger partial charge < -0.3 is 14.3 Å². The van der Waals surface area contributed by atoms with Crippen LogP contribution in [0.15, 0.2) is 40.8 Å². The van der Waals surface area contributed by atoms with Crippen molar-refractivity contribution < 1.29 is 14.3 Å². The second-order valence-electron chi connectivity index (χ2n) is 5.01. The van der Waals surface area contributed by atoms with Gasteiger partial charge in [-0.15, -0.1) is 0 Å². The van der Waals surface area contributed by atoms with Crippen molar-refractivity contribution >= 4 is 11.0 Å². The minimum absolute atomic E-state index is 0.166. The molecule has 4 nitrogen and oxygen atoms in total. The van der Waals surface area contributed by atoms with Crippen molar-refractivity contribution in [2.24, 2.45) is 0 Å². The zero-order chi connectivity index (χ0) is 14.8. The molecule has 0 spiro atoms. The number of rotatable bonds is 4. The highest BCUT2D eigenvalue weighted by molar-refractivity contribution is 5.84. The van der Waals surface area contributed by atoms with Gasteiger partial charge in [0.25, 0.3) is 0 Å². The van der Waals surface area contributed by atoms with Gasteiger partial charge in [-0.2, -0.15) is 0 Å². The lowest BCUT2D eigenvalue weighted by Crippen LogP contribution is -2.02. The normalized spacial score (nSPS) is 11.0. The van der Waals surface area contributed by atoms with E-state index in [9.17, 15) is 5.11 Å². The number of aliphatic hydroxyl groups excluding tert-OH is 1. The molecule has 0 unspecified atom stereocenters. The Morgan fingerprint density at radius 3 is 2.67 bits per heavy atom. The Bertz CT molecular complexity index is 763. The molecule has 0 amide bonds. The highest BCUT2D eigenvalue weighted by Gasteiger charge is 2.16. The zero-order valence-corrected chi connectivity index (χ0v) is 12.1. The maximum absolute atomic E-state index is 9.63. The number of hydrogen-bond donors (Lipinski definition) is 1. The fourth-order valence-electron chi connectivity index (χ4n) is 2.37. The molecule has 0 bridgehead atoms. The van der Waals surface area contributed by atoms with Crippen molar-refractivity contribution in [1.29, 1.82) is 0 Å². The minimum Gasteiger partial charge on any atom is -0.472 e. The predicted molar refractivity (Wildman–Crippen MR) is 80.2 cm³/mol. The van der Waals surface area contributed by atoms with Gasteiger partial charge in [-0.05, 0) is 25.5 Å². The molecule has 4 heteroatoms. The van der Waals surface area contributed by atoms with E-state index in [4.69, 9.17) is 9.15 Å². The Morgan fingerprint density at radius 2 is 1.95 bits per heavy atom. The maximum atomic E-state index is 9.63. The van der Waals surface area contributed by atoms with E-state index >= 15 is 0 Å². The highest BCUT2D eigenvalue weighted by atomic mass is 16.5. The highest BCUT2D eigenvalue weighted by Crippen LogP contribution is 2.31. The van der Waals surface area contributed by atoms with Gasteiger partial charge in [-0.1, -0.05) is 30.3 Å². The number of aryl methyl sites for hydroxylation is 2. The van der Waals surface area contributed by atoms with Crippen molar-refractivity contribution in [2.45, 2.75) is 27.1 Å². The quantitative estimate of drug-likeness (QED) is 0.796. The van der Waals surface area contributed by atoms with E-state index in [0.29, 0.717) is 23.6 Å². The van der Waals surface area contributed by atoms with Crippen LogP contribution in [-0.4, -0.2) is 10.1 Å². The second kappa shape index (κ2) is 5.58. The molecule has 0 aliphatic carbocycles. The lowest BCUT2D eigenvalue weighted by molar-refractivity contribution is 0.252. The smallest absolute Gasteiger partial charge is 0.223 e. The molecule has 0 atom stereocenters. The molecule has 0 aliphatic heterocycles. The molecule has 1 aromatic carbocycles. The lowest BCUT2D eigenvalue weighted by atomic mass is 10.1. The molecule has 0 radical (unpaired) electrons. The lowest BCUT2D eigenvalue weighted by Gasteiger charge is -2.11. The second-order valence-corrected chi connectivity index (χ2v) is 5.01. The predicted octanol–water partition coefficient (Wildman–Crippen LogP) is 3.52. The Hall–Kier alpha value is -2.33. The molecular weight excluding hydrogens is 266 g/mol. The molecule has 0 saturated heterocycles. The molecule has 0 saturated carbocycles. The third-order valence-corrected chi connectivity index (χ3v) is 3.42. The van der Waals surface area contributed by atoms with Crippen molar-refractivity contribution in [2.75, 3.05) is 0 Å². The van der Waals surface area contributed by atoms with Gasteiger partial charge in [-0.25, -0.2) is 4.98 Å². The van der Waals surface area contributed by atoms with E-state index in [1.807, 2.05) is 50.2 Å². The van der Waals surface area contributed by atoms with Crippen LogP contribution in [0.1, 0.15) is 22.6 Å². The van der Waals surface area contributed by atoms with Crippen LogP contribution < -0.4 is 4.74 Å². The van der Waals surface area contributed by atoms with Gasteiger partial charge in [0.05, 0.1) is 17.9 Å². The maximum Gasteiger partial charge on any atom is 0.223 e. The van der Waals surface area contributed by atoms with E-state index < -0.39 is 0 Å². The number of aliphatic hydroxyl groups is 1. The summed E-state index contributed by atoms with van der Waals surface area (Å²) in [4.78, 5) is 4.46. The number of benzene rings is 1. The number of furan rings is 1. The van der Waals surface area contributed by atoms with Gasteiger partial charge in [0, 0.05) is 5.39 Å². The average Bonchev–Trinajstić information content (AvgIpc) is 2.88. The molecule has 2 heterocycles. The summed E-state index contributed by atoms with van der Waals surface area (Å²) in [5.41, 5.74) is 3.14. The largest absolute Gasteiger partial charge is 0.472 e. The first kappa shape index (κ1) is 13.6. The van der Waals surface area contributed by atoms with Crippen LogP contribution >= 0.6 is 0 Å². The van der Waals surface area contributed by atoms with Gasteiger partial charge in [-0.3, -0.25) is 0 Å². The van der Waals surface area contributed by atoms with Gasteiger partial charge in [0.2, 0.25) is 5.88 Å². The summed E-state index contributed by atoms with van der Waals surface area (Å²) in [6.45, 7) is 4.03. The fraction of sp³-hybridized carbons (Fsp3) is 0.235. The summed E-state index contributed by atoms with van der Waals surface area (Å²) in [5.74, 6) is 1.23. The number of aromatic nitrogens is 1. The number of pyridine rings is 1. The summed E-state index contributed by atoms with van der Waals surface area (Å²) in [5, 5.41) is 10.6. The molecule has 1 N–H and O–H groups in total. The van der Waals surface area contributed by atoms with E-state index in [1.54, 1.807) is 0 Å². The van der Waals surface area contributed by atoms with Gasteiger partial charge >= 0.3 is 0 Å². The third-order valence-electron chi connectivity index (χ3n) is 3.42. The van der Waals surface area contributed by atoms with Crippen molar-refractivity contribution in [1.82, 2.24) is 4.98 Å². The molecule has 21 heavy (non-hydrogen) atoms. The van der Waals surface area contributed by atoms with Gasteiger partial charge in [0.1, 0.15) is 18.0 Å². The number of fused-ring (bicyclic) bond motifs is 1. The summed E-state index contributed by atoms with van der Waals surface area (Å²) < 4.78 is 11.5. The Balaban J connectivity index is 1.98. The van der Waals surface area contributed by atoms with Crippen LogP contribution in [-0.2, 0) is 13.2 Å². The molecule has 3 rings (SSSR count). The summed E-state index contributed by atoms with van der Waals surface area (Å²) in [6.07, 6.45) is 0. The Labute approximate surface area is 123 Å². The number of nitrogens with zero attached hydrogens (tertiary/aromatic N) is 1. The first-order valence-corrected chi connectivity index (χ1v) is 6.86. The van der Waals surface area contributed by atoms with E-state index in [-0.39, 0.29) is 6.61 Å². The molecule has 108 valence electrons. The van der Waals surface area contributed by atoms with Crippen molar-refractivity contribution in [3.8, 4) is 5.88 Å². The Kier molecular flexibility index (Phi) is 3.62. The molecule has 0 fully saturated rings. The first-order chi connectivity index (χ1) is 10.2. The van der Waals surface area contributed by atoms with Crippen LogP contribution in [0.3, 0.4) is 0 Å². The summed E-state index contributed by atoms with van der Waals surface area (Å²) in [7, 11) is 0. The van der Waals surface area contributed by atoms with Crippen LogP contribution in [0, 0.1) is 13.8 Å². The third kappa shape index (κ3) is 2.62. The number of hydrogen-bond acceptors (Lipinski definition) is 4. The van der Waals surface area contributed by atoms with Crippen LogP contribution in [0.5, 0.6) is 5.88 Å². The fourth-order valence-corrected chi connectivity index (χ4v) is 2.37. The summed E-state index contributed by atoms with van der Waals surface area (Å²) in [6, 6.07) is 11.8. The molecule has 3 aromatic rings. The summed E-state index contributed by atoms with van der Waals surface area (Å²) >= 11 is 0. The van der Waals surface area contributed by atoms with E-state index in [2.05, 4.69) is 4.98 Å². The van der Waals surface area contributed by atoms with Crippen molar-refractivity contribution in [3.63, 3.8) is 0 Å². The molecule has 2 aromatic heterocycles. The number of ether oxygens (including phenoxy) is 1. The zero-order valence-electron chi connectivity index (χ0n) is 12.1. The first-order valence-electron chi connectivity index (χ1n) is 6.86. The average molecular weight is 283 g/mol. The Morgan fingerprint density at radius 1 is 1.19 bits per heavy atom. The van der Waals surface area contributed by atoms with Crippen LogP contribution in [0.4, 0.5) is 0 Å². The topological polar surface area (TPSA) is 55.5 Å². The van der Waals surface area contributed by atoms with Crippen LogP contribution in [0.2, 0.25) is 0 Å². The molecular formula is C17H17NO3. The van der Waals surface area contributed by atoms with E-state index in [0.717, 1.165) is 22.4 Å².